The molecular weight excluding hydrogens is 456 g/mol. The normalized spacial score (nSPS) is 29.3. The highest BCUT2D eigenvalue weighted by molar-refractivity contribution is 5.69. The second-order valence-electron chi connectivity index (χ2n) is 10.8. The highest BCUT2D eigenvalue weighted by Crippen LogP contribution is 2.48. The maximum atomic E-state index is 12.0. The van der Waals surface area contributed by atoms with E-state index >= 15 is 0 Å². The van der Waals surface area contributed by atoms with Gasteiger partial charge in [0.05, 0.1) is 37.4 Å². The Morgan fingerprint density at radius 2 is 2.06 bits per heavy atom. The number of carbonyl (C=O) groups excluding carboxylic acids is 1. The van der Waals surface area contributed by atoms with Crippen molar-refractivity contribution in [3.63, 3.8) is 0 Å². The number of aliphatic hydroxyl groups excluding tert-OH is 2. The fourth-order valence-corrected chi connectivity index (χ4v) is 5.98. The Hall–Kier alpha value is -1.72. The molecule has 0 bridgehead atoms. The van der Waals surface area contributed by atoms with Crippen LogP contribution >= 0.6 is 0 Å². The summed E-state index contributed by atoms with van der Waals surface area (Å²) in [6.07, 6.45) is 15.6. The molecule has 3 unspecified atom stereocenters. The minimum atomic E-state index is -0.516. The highest BCUT2D eigenvalue weighted by atomic mass is 16.5. The molecule has 0 radical (unpaired) electrons. The van der Waals surface area contributed by atoms with E-state index in [1.54, 1.807) is 0 Å². The van der Waals surface area contributed by atoms with E-state index in [-0.39, 0.29) is 35.2 Å². The van der Waals surface area contributed by atoms with Crippen LogP contribution < -0.4 is 0 Å². The van der Waals surface area contributed by atoms with Crippen molar-refractivity contribution in [2.45, 2.75) is 83.3 Å². The van der Waals surface area contributed by atoms with Crippen molar-refractivity contribution < 1.29 is 24.5 Å². The summed E-state index contributed by atoms with van der Waals surface area (Å²) in [6.45, 7) is 6.62. The molecule has 3 fully saturated rings. The summed E-state index contributed by atoms with van der Waals surface area (Å²) >= 11 is 0. The highest BCUT2D eigenvalue weighted by Gasteiger charge is 2.42. The Morgan fingerprint density at radius 3 is 2.72 bits per heavy atom. The van der Waals surface area contributed by atoms with Gasteiger partial charge in [0.15, 0.2) is 0 Å². The van der Waals surface area contributed by atoms with Gasteiger partial charge < -0.3 is 19.7 Å². The van der Waals surface area contributed by atoms with Gasteiger partial charge in [0, 0.05) is 32.0 Å². The van der Waals surface area contributed by atoms with E-state index < -0.39 is 6.10 Å². The number of aliphatic hydroxyl groups is 2. The fourth-order valence-electron chi connectivity index (χ4n) is 5.98. The van der Waals surface area contributed by atoms with E-state index in [0.717, 1.165) is 71.4 Å². The van der Waals surface area contributed by atoms with Crippen LogP contribution in [0.25, 0.3) is 0 Å². The lowest BCUT2D eigenvalue weighted by atomic mass is 9.63. The molecule has 7 heteroatoms. The number of hydrogen-bond donors (Lipinski definition) is 2. The number of nitrogens with zero attached hydrogens (tertiary/aromatic N) is 2. The third-order valence-corrected chi connectivity index (χ3v) is 8.70. The number of unbranched alkanes of at least 4 members (excludes halogenated alkanes) is 1. The van der Waals surface area contributed by atoms with E-state index in [2.05, 4.69) is 30.0 Å². The molecule has 2 N–H and O–H groups in total. The molecule has 1 saturated heterocycles. The van der Waals surface area contributed by atoms with Gasteiger partial charge in [0.2, 0.25) is 0 Å². The number of ether oxygens (including phenoxy) is 2. The maximum Gasteiger partial charge on any atom is 0.305 e. The summed E-state index contributed by atoms with van der Waals surface area (Å²) in [4.78, 5) is 14.2. The number of morpholine rings is 1. The molecular formula is C29H46N2O5. The lowest BCUT2D eigenvalue weighted by molar-refractivity contribution is -0.144. The quantitative estimate of drug-likeness (QED) is 0.210. The van der Waals surface area contributed by atoms with Gasteiger partial charge in [-0.05, 0) is 62.7 Å². The largest absolute Gasteiger partial charge is 0.464 e. The molecule has 36 heavy (non-hydrogen) atoms. The second kappa shape index (κ2) is 14.9. The molecule has 2 aliphatic carbocycles. The van der Waals surface area contributed by atoms with Crippen LogP contribution in [0.1, 0.15) is 71.1 Å². The number of carbonyl (C=O) groups is 1. The van der Waals surface area contributed by atoms with E-state index in [1.165, 1.54) is 6.42 Å². The van der Waals surface area contributed by atoms with Crippen molar-refractivity contribution in [2.75, 3.05) is 39.5 Å². The molecule has 3 rings (SSSR count). The lowest BCUT2D eigenvalue weighted by Crippen LogP contribution is -2.40. The Morgan fingerprint density at radius 1 is 1.28 bits per heavy atom. The first kappa shape index (κ1) is 28.8. The summed E-state index contributed by atoms with van der Waals surface area (Å²) in [7, 11) is 0. The first-order valence-corrected chi connectivity index (χ1v) is 14.0. The number of esters is 1. The predicted molar refractivity (Wildman–Crippen MR) is 139 cm³/mol. The SMILES string of the molecule is CCC1(C(O)C/C=C/C2[C@@H](C/C=C\CCCC(=O)OCCN3CCOCC3)C(C#N)C[C@H]2O)CCC1. The van der Waals surface area contributed by atoms with Gasteiger partial charge in [-0.15, -0.1) is 0 Å². The van der Waals surface area contributed by atoms with Crippen LogP contribution in [0.2, 0.25) is 0 Å². The summed E-state index contributed by atoms with van der Waals surface area (Å²) in [5, 5.41) is 30.9. The first-order chi connectivity index (χ1) is 17.5. The van der Waals surface area contributed by atoms with E-state index in [1.807, 2.05) is 12.2 Å². The van der Waals surface area contributed by atoms with Crippen LogP contribution in [-0.2, 0) is 14.3 Å². The maximum absolute atomic E-state index is 12.0. The van der Waals surface area contributed by atoms with Crippen LogP contribution in [0.15, 0.2) is 24.3 Å². The van der Waals surface area contributed by atoms with Crippen LogP contribution in [-0.4, -0.2) is 72.7 Å². The lowest BCUT2D eigenvalue weighted by Gasteiger charge is -2.45. The predicted octanol–water partition coefficient (Wildman–Crippen LogP) is 4.00. The molecule has 1 aliphatic heterocycles. The zero-order valence-electron chi connectivity index (χ0n) is 22.0. The Labute approximate surface area is 217 Å². The number of nitriles is 1. The Bertz CT molecular complexity index is 761. The van der Waals surface area contributed by atoms with Crippen LogP contribution in [0.5, 0.6) is 0 Å². The topological polar surface area (TPSA) is 103 Å². The molecule has 1 heterocycles. The average Bonchev–Trinajstić information content (AvgIpc) is 3.16. The third-order valence-electron chi connectivity index (χ3n) is 8.70. The Balaban J connectivity index is 1.35. The minimum Gasteiger partial charge on any atom is -0.464 e. The monoisotopic (exact) mass is 502 g/mol. The average molecular weight is 503 g/mol. The van der Waals surface area contributed by atoms with E-state index in [9.17, 15) is 20.3 Å². The smallest absolute Gasteiger partial charge is 0.305 e. The van der Waals surface area contributed by atoms with Gasteiger partial charge >= 0.3 is 5.97 Å². The molecule has 3 aliphatic rings. The van der Waals surface area contributed by atoms with Crippen molar-refractivity contribution >= 4 is 5.97 Å². The van der Waals surface area contributed by atoms with Crippen molar-refractivity contribution in [3.05, 3.63) is 24.3 Å². The Kier molecular flexibility index (Phi) is 11.9. The van der Waals surface area contributed by atoms with Crippen molar-refractivity contribution in [3.8, 4) is 6.07 Å². The molecule has 5 atom stereocenters. The van der Waals surface area contributed by atoms with Crippen molar-refractivity contribution in [1.29, 1.82) is 5.26 Å². The number of hydrogen-bond acceptors (Lipinski definition) is 7. The number of rotatable bonds is 14. The fraction of sp³-hybridized carbons (Fsp3) is 0.793. The molecule has 0 amide bonds. The van der Waals surface area contributed by atoms with Gasteiger partial charge in [-0.3, -0.25) is 9.69 Å². The first-order valence-electron chi connectivity index (χ1n) is 14.0. The molecule has 0 aromatic heterocycles. The van der Waals surface area contributed by atoms with Crippen molar-refractivity contribution in [2.24, 2.45) is 23.2 Å². The van der Waals surface area contributed by atoms with Crippen LogP contribution in [0.3, 0.4) is 0 Å². The molecule has 0 aromatic rings. The molecule has 0 spiro atoms. The molecule has 202 valence electrons. The van der Waals surface area contributed by atoms with Crippen LogP contribution in [0.4, 0.5) is 0 Å². The standard InChI is InChI=1S/C29H46N2O5/c1-2-29(13-8-14-29)27(33)11-7-10-25-24(23(22-30)21-26(25)32)9-5-3-4-6-12-28(34)36-20-17-31-15-18-35-19-16-31/h3,5,7,10,23-27,32-33H,2,4,6,8-9,11-21H2,1H3/b5-3-,10-7+/t23?,24-,25?,26+,27?/m0/s1. The minimum absolute atomic E-state index is 0.0630. The third kappa shape index (κ3) is 8.14. The zero-order valence-corrected chi connectivity index (χ0v) is 22.0. The van der Waals surface area contributed by atoms with Gasteiger partial charge in [-0.25, -0.2) is 0 Å². The molecule has 0 aromatic carbocycles. The summed E-state index contributed by atoms with van der Waals surface area (Å²) in [5.41, 5.74) is 0.0745. The van der Waals surface area contributed by atoms with E-state index in [0.29, 0.717) is 25.9 Å². The summed E-state index contributed by atoms with van der Waals surface area (Å²) in [6, 6.07) is 2.39. The van der Waals surface area contributed by atoms with E-state index in [4.69, 9.17) is 9.47 Å². The van der Waals surface area contributed by atoms with Gasteiger partial charge in [0.1, 0.15) is 6.61 Å². The number of allylic oxidation sites excluding steroid dienone is 2. The molecule has 7 nitrogen and oxygen atoms in total. The second-order valence-corrected chi connectivity index (χ2v) is 10.8. The molecule has 2 saturated carbocycles. The van der Waals surface area contributed by atoms with Gasteiger partial charge in [-0.1, -0.05) is 37.6 Å². The van der Waals surface area contributed by atoms with Gasteiger partial charge in [0.25, 0.3) is 0 Å². The van der Waals surface area contributed by atoms with Gasteiger partial charge in [-0.2, -0.15) is 5.26 Å². The summed E-state index contributed by atoms with van der Waals surface area (Å²) < 4.78 is 10.7. The zero-order chi connectivity index (χ0) is 25.8. The van der Waals surface area contributed by atoms with Crippen molar-refractivity contribution in [1.82, 2.24) is 4.90 Å². The van der Waals surface area contributed by atoms with Crippen LogP contribution in [0, 0.1) is 34.5 Å². The summed E-state index contributed by atoms with van der Waals surface area (Å²) in [5.74, 6) is -0.311.